The Morgan fingerprint density at radius 2 is 1.78 bits per heavy atom. The van der Waals surface area contributed by atoms with Gasteiger partial charge >= 0.3 is 0 Å². The van der Waals surface area contributed by atoms with Gasteiger partial charge in [0.2, 0.25) is 0 Å². The molecule has 3 aromatic rings. The van der Waals surface area contributed by atoms with Gasteiger partial charge in [-0.3, -0.25) is 14.5 Å². The summed E-state index contributed by atoms with van der Waals surface area (Å²) in [4.78, 5) is 27.5. The van der Waals surface area contributed by atoms with E-state index in [2.05, 4.69) is 0 Å². The Kier molecular flexibility index (Phi) is 5.67. The second-order valence-corrected chi connectivity index (χ2v) is 7.61. The minimum atomic E-state index is -1.00. The fourth-order valence-electron chi connectivity index (χ4n) is 3.77. The predicted molar refractivity (Wildman–Crippen MR) is 119 cm³/mol. The number of benzene rings is 2. The van der Waals surface area contributed by atoms with Crippen LogP contribution in [0.3, 0.4) is 0 Å². The molecule has 7 nitrogen and oxygen atoms in total. The maximum absolute atomic E-state index is 13.2. The van der Waals surface area contributed by atoms with Gasteiger partial charge in [0.15, 0.2) is 0 Å². The Balaban J connectivity index is 1.95. The smallest absolute Gasteiger partial charge is 0.300 e. The number of furan rings is 1. The second-order valence-electron chi connectivity index (χ2n) is 7.21. The molecule has 1 atom stereocenters. The number of aryl methyl sites for hydroxylation is 1. The van der Waals surface area contributed by atoms with Gasteiger partial charge in [-0.05, 0) is 49.4 Å². The van der Waals surface area contributed by atoms with Crippen LogP contribution in [0, 0.1) is 6.92 Å². The second kappa shape index (κ2) is 8.43. The summed E-state index contributed by atoms with van der Waals surface area (Å²) in [5.74, 6) is -0.923. The van der Waals surface area contributed by atoms with Crippen LogP contribution in [0.5, 0.6) is 11.5 Å². The lowest BCUT2D eigenvalue weighted by Gasteiger charge is -2.24. The number of hydrogen-bond donors (Lipinski definition) is 1. The molecule has 0 bridgehead atoms. The van der Waals surface area contributed by atoms with Crippen LogP contribution in [0.1, 0.15) is 22.9 Å². The van der Waals surface area contributed by atoms with E-state index in [1.54, 1.807) is 36.4 Å². The molecule has 4 rings (SSSR count). The van der Waals surface area contributed by atoms with Crippen LogP contribution < -0.4 is 14.4 Å². The minimum absolute atomic E-state index is 0.110. The Morgan fingerprint density at radius 3 is 2.41 bits per heavy atom. The fourth-order valence-corrected chi connectivity index (χ4v) is 4.02. The molecule has 0 spiro atoms. The molecule has 32 heavy (non-hydrogen) atoms. The van der Waals surface area contributed by atoms with Crippen LogP contribution in [-0.2, 0) is 9.59 Å². The first-order valence-electron chi connectivity index (χ1n) is 9.70. The lowest BCUT2D eigenvalue weighted by atomic mass is 9.97. The number of Topliss-reactive ketones (excluding diaryl/α,β-unsaturated/α-hetero) is 1. The molecule has 1 aliphatic rings. The minimum Gasteiger partial charge on any atom is -0.507 e. The first-order valence-corrected chi connectivity index (χ1v) is 10.1. The van der Waals surface area contributed by atoms with Gasteiger partial charge in [0.1, 0.15) is 29.1 Å². The summed E-state index contributed by atoms with van der Waals surface area (Å²) in [5, 5.41) is 11.5. The van der Waals surface area contributed by atoms with Gasteiger partial charge in [0.25, 0.3) is 11.7 Å². The molecule has 164 valence electrons. The summed E-state index contributed by atoms with van der Waals surface area (Å²) >= 11 is 6.27. The highest BCUT2D eigenvalue weighted by molar-refractivity contribution is 6.51. The van der Waals surface area contributed by atoms with Crippen LogP contribution in [0.4, 0.5) is 5.69 Å². The van der Waals surface area contributed by atoms with E-state index in [1.165, 1.54) is 31.4 Å². The number of aliphatic hydroxyl groups excluding tert-OH is 1. The van der Waals surface area contributed by atoms with Crippen LogP contribution in [-0.4, -0.2) is 31.0 Å². The number of hydrogen-bond acceptors (Lipinski definition) is 6. The number of aliphatic hydroxyl groups is 1. The van der Waals surface area contributed by atoms with Crippen LogP contribution >= 0.6 is 11.6 Å². The van der Waals surface area contributed by atoms with Gasteiger partial charge in [0, 0.05) is 5.69 Å². The zero-order valence-electron chi connectivity index (χ0n) is 17.6. The van der Waals surface area contributed by atoms with E-state index in [-0.39, 0.29) is 16.4 Å². The van der Waals surface area contributed by atoms with E-state index in [4.69, 9.17) is 25.5 Å². The maximum atomic E-state index is 13.2. The van der Waals surface area contributed by atoms with Crippen molar-refractivity contribution in [3.8, 4) is 11.5 Å². The Labute approximate surface area is 189 Å². The van der Waals surface area contributed by atoms with Crippen LogP contribution in [0.2, 0.25) is 5.02 Å². The highest BCUT2D eigenvalue weighted by atomic mass is 35.5. The zero-order valence-corrected chi connectivity index (χ0v) is 18.3. The van der Waals surface area contributed by atoms with E-state index in [1.807, 2.05) is 13.0 Å². The van der Waals surface area contributed by atoms with Crippen molar-refractivity contribution in [2.75, 3.05) is 19.1 Å². The van der Waals surface area contributed by atoms with Crippen molar-refractivity contribution < 1.29 is 28.6 Å². The van der Waals surface area contributed by atoms with Crippen LogP contribution in [0.15, 0.2) is 64.8 Å². The molecule has 2 heterocycles. The molecule has 0 radical (unpaired) electrons. The molecule has 2 aromatic carbocycles. The lowest BCUT2D eigenvalue weighted by Crippen LogP contribution is -2.29. The number of amides is 1. The summed E-state index contributed by atoms with van der Waals surface area (Å²) in [5.41, 5.74) is 1.39. The zero-order chi connectivity index (χ0) is 23.0. The molecule has 0 aliphatic carbocycles. The standard InChI is InChI=1S/C24H20ClNO6/c1-13-6-8-17(30-2)15(11-13)22(27)20-21(19-5-4-10-32-19)26(24(29)23(20)28)14-7-9-18(31-3)16(25)12-14/h4-12,21,27H,1-3H3/b22-20-. The van der Waals surface area contributed by atoms with E-state index < -0.39 is 17.7 Å². The summed E-state index contributed by atoms with van der Waals surface area (Å²) < 4.78 is 16.1. The molecular formula is C24H20ClNO6. The molecule has 1 aliphatic heterocycles. The third-order valence-corrected chi connectivity index (χ3v) is 5.58. The Hall–Kier alpha value is -3.71. The van der Waals surface area contributed by atoms with Crippen molar-refractivity contribution in [3.05, 3.63) is 82.3 Å². The van der Waals surface area contributed by atoms with E-state index >= 15 is 0 Å². The van der Waals surface area contributed by atoms with Gasteiger partial charge < -0.3 is 19.0 Å². The monoisotopic (exact) mass is 453 g/mol. The Bertz CT molecular complexity index is 1230. The molecular weight excluding hydrogens is 434 g/mol. The third kappa shape index (κ3) is 3.50. The van der Waals surface area contributed by atoms with E-state index in [0.717, 1.165) is 5.56 Å². The molecule has 1 unspecified atom stereocenters. The topological polar surface area (TPSA) is 89.2 Å². The number of anilines is 1. The van der Waals surface area contributed by atoms with Crippen molar-refractivity contribution in [1.29, 1.82) is 0 Å². The SMILES string of the molecule is COc1ccc(N2C(=O)C(=O)/C(=C(\O)c3cc(C)ccc3OC)C2c2ccco2)cc1Cl. The average molecular weight is 454 g/mol. The number of ketones is 1. The molecule has 1 aromatic heterocycles. The number of carbonyl (C=O) groups is 2. The number of carbonyl (C=O) groups excluding carboxylic acids is 2. The van der Waals surface area contributed by atoms with Gasteiger partial charge in [-0.2, -0.15) is 0 Å². The summed E-state index contributed by atoms with van der Waals surface area (Å²) in [6.07, 6.45) is 1.43. The van der Waals surface area contributed by atoms with Crippen molar-refractivity contribution in [3.63, 3.8) is 0 Å². The number of rotatable bonds is 5. The van der Waals surface area contributed by atoms with Crippen molar-refractivity contribution in [2.24, 2.45) is 0 Å². The first-order chi connectivity index (χ1) is 15.4. The number of ether oxygens (including phenoxy) is 2. The van der Waals surface area contributed by atoms with Crippen LogP contribution in [0.25, 0.3) is 5.76 Å². The van der Waals surface area contributed by atoms with Gasteiger partial charge in [-0.15, -0.1) is 0 Å². The molecule has 0 saturated carbocycles. The molecule has 8 heteroatoms. The first kappa shape index (κ1) is 21.5. The Morgan fingerprint density at radius 1 is 1.06 bits per heavy atom. The van der Waals surface area contributed by atoms with Gasteiger partial charge in [0.05, 0.1) is 36.6 Å². The molecule has 1 saturated heterocycles. The van der Waals surface area contributed by atoms with Crippen molar-refractivity contribution in [1.82, 2.24) is 0 Å². The van der Waals surface area contributed by atoms with E-state index in [0.29, 0.717) is 28.5 Å². The fraction of sp³-hybridized carbons (Fsp3) is 0.167. The average Bonchev–Trinajstić information content (AvgIpc) is 3.40. The predicted octanol–water partition coefficient (Wildman–Crippen LogP) is 4.88. The highest BCUT2D eigenvalue weighted by Crippen LogP contribution is 2.44. The third-order valence-electron chi connectivity index (χ3n) is 5.28. The summed E-state index contributed by atoms with van der Waals surface area (Å²) in [6, 6.07) is 12.2. The lowest BCUT2D eigenvalue weighted by molar-refractivity contribution is -0.132. The maximum Gasteiger partial charge on any atom is 0.300 e. The van der Waals surface area contributed by atoms with Crippen molar-refractivity contribution in [2.45, 2.75) is 13.0 Å². The summed E-state index contributed by atoms with van der Waals surface area (Å²) in [7, 11) is 2.94. The number of halogens is 1. The molecule has 1 N–H and O–H groups in total. The largest absolute Gasteiger partial charge is 0.507 e. The summed E-state index contributed by atoms with van der Waals surface area (Å²) in [6.45, 7) is 1.85. The molecule has 1 fully saturated rings. The van der Waals surface area contributed by atoms with Gasteiger partial charge in [-0.25, -0.2) is 0 Å². The number of methoxy groups -OCH3 is 2. The van der Waals surface area contributed by atoms with E-state index in [9.17, 15) is 14.7 Å². The van der Waals surface area contributed by atoms with Gasteiger partial charge in [-0.1, -0.05) is 23.2 Å². The highest BCUT2D eigenvalue weighted by Gasteiger charge is 2.48. The van der Waals surface area contributed by atoms with Crippen molar-refractivity contribution >= 4 is 34.7 Å². The quantitative estimate of drug-likeness (QED) is 0.336. The normalized spacial score (nSPS) is 17.6. The molecule has 1 amide bonds. The number of nitrogens with zero attached hydrogens (tertiary/aromatic N) is 1.